The molecule has 2 aromatic carbocycles. The summed E-state index contributed by atoms with van der Waals surface area (Å²) in [6.45, 7) is 2.41. The first-order valence-corrected chi connectivity index (χ1v) is 10.8. The van der Waals surface area contributed by atoms with Crippen LogP contribution in [0.4, 0.5) is 0 Å². The molecule has 8 heteroatoms. The van der Waals surface area contributed by atoms with E-state index < -0.39 is 0 Å². The van der Waals surface area contributed by atoms with Crippen molar-refractivity contribution in [1.82, 2.24) is 19.8 Å². The third kappa shape index (κ3) is 4.93. The molecule has 0 spiro atoms. The number of nitriles is 1. The van der Waals surface area contributed by atoms with Gasteiger partial charge in [-0.2, -0.15) is 5.26 Å². The number of hydrogen-bond acceptors (Lipinski definition) is 5. The number of rotatable bonds is 8. The first-order chi connectivity index (χ1) is 15.6. The summed E-state index contributed by atoms with van der Waals surface area (Å²) < 4.78 is 7.33. The van der Waals surface area contributed by atoms with E-state index in [9.17, 15) is 4.79 Å². The number of likely N-dealkylation sites (tertiary alicyclic amines) is 1. The summed E-state index contributed by atoms with van der Waals surface area (Å²) in [5.41, 5.74) is 3.52. The number of carbonyl (C=O) groups is 1. The van der Waals surface area contributed by atoms with Gasteiger partial charge in [-0.1, -0.05) is 29.8 Å². The number of carbonyl (C=O) groups excluding carboxylic acids is 1. The van der Waals surface area contributed by atoms with E-state index in [4.69, 9.17) is 21.6 Å². The Morgan fingerprint density at radius 1 is 1.25 bits per heavy atom. The third-order valence-electron chi connectivity index (χ3n) is 5.63. The summed E-state index contributed by atoms with van der Waals surface area (Å²) in [5, 5.41) is 13.2. The number of methoxy groups -OCH3 is 1. The molecule has 0 radical (unpaired) electrons. The molecule has 1 fully saturated rings. The molecule has 7 nitrogen and oxygen atoms in total. The summed E-state index contributed by atoms with van der Waals surface area (Å²) in [6.07, 6.45) is 4.33. The van der Waals surface area contributed by atoms with Crippen LogP contribution in [0.15, 0.2) is 55.0 Å². The van der Waals surface area contributed by atoms with Gasteiger partial charge in [-0.25, -0.2) is 4.98 Å². The highest BCUT2D eigenvalue weighted by molar-refractivity contribution is 6.30. The molecule has 0 unspecified atom stereocenters. The van der Waals surface area contributed by atoms with E-state index in [0.717, 1.165) is 23.2 Å². The topological polar surface area (TPSA) is 83.2 Å². The smallest absolute Gasteiger partial charge is 0.240 e. The van der Waals surface area contributed by atoms with Crippen molar-refractivity contribution in [2.45, 2.75) is 32.1 Å². The van der Waals surface area contributed by atoms with Gasteiger partial charge in [0.05, 0.1) is 30.7 Å². The number of imidazole rings is 1. The molecule has 3 aromatic rings. The van der Waals surface area contributed by atoms with Crippen LogP contribution in [0, 0.1) is 11.3 Å². The predicted molar refractivity (Wildman–Crippen MR) is 121 cm³/mol. The highest BCUT2D eigenvalue weighted by Crippen LogP contribution is 2.21. The van der Waals surface area contributed by atoms with Crippen molar-refractivity contribution in [3.05, 3.63) is 82.4 Å². The van der Waals surface area contributed by atoms with Crippen molar-refractivity contribution in [2.24, 2.45) is 0 Å². The molecule has 164 valence electrons. The fourth-order valence-corrected chi connectivity index (χ4v) is 4.14. The Hall–Kier alpha value is -3.34. The van der Waals surface area contributed by atoms with Gasteiger partial charge >= 0.3 is 0 Å². The van der Waals surface area contributed by atoms with Crippen LogP contribution in [-0.4, -0.2) is 40.1 Å². The quantitative estimate of drug-likeness (QED) is 0.570. The Bertz CT molecular complexity index is 1150. The number of nitrogens with one attached hydrogen (secondary N) is 1. The van der Waals surface area contributed by atoms with Gasteiger partial charge in [-0.05, 0) is 41.8 Å². The summed E-state index contributed by atoms with van der Waals surface area (Å²) in [5.74, 6) is 0.661. The lowest BCUT2D eigenvalue weighted by molar-refractivity contribution is -0.129. The van der Waals surface area contributed by atoms with Crippen LogP contribution in [0.5, 0.6) is 5.75 Å². The zero-order chi connectivity index (χ0) is 22.5. The Labute approximate surface area is 192 Å². The molecule has 0 aliphatic carbocycles. The summed E-state index contributed by atoms with van der Waals surface area (Å²) in [4.78, 5) is 19.0. The minimum atomic E-state index is -0.215. The van der Waals surface area contributed by atoms with Crippen molar-refractivity contribution >= 4 is 17.5 Å². The number of halogens is 1. The second kappa shape index (κ2) is 9.86. The monoisotopic (exact) mass is 449 g/mol. The molecule has 1 aliphatic rings. The van der Waals surface area contributed by atoms with Crippen LogP contribution in [0.3, 0.4) is 0 Å². The first kappa shape index (κ1) is 21.9. The molecule has 2 heterocycles. The maximum absolute atomic E-state index is 12.8. The molecule has 0 bridgehead atoms. The van der Waals surface area contributed by atoms with Crippen molar-refractivity contribution < 1.29 is 9.53 Å². The van der Waals surface area contributed by atoms with Crippen molar-refractivity contribution in [3.63, 3.8) is 0 Å². The average Bonchev–Trinajstić information content (AvgIpc) is 3.38. The number of benzene rings is 2. The predicted octanol–water partition coefficient (Wildman–Crippen LogP) is 3.36. The highest BCUT2D eigenvalue weighted by Gasteiger charge is 2.31. The molecule has 32 heavy (non-hydrogen) atoms. The minimum absolute atomic E-state index is 0.105. The lowest BCUT2D eigenvalue weighted by atomic mass is 10.1. The normalized spacial score (nSPS) is 15.7. The Kier molecular flexibility index (Phi) is 6.74. The van der Waals surface area contributed by atoms with Gasteiger partial charge in [0.2, 0.25) is 5.91 Å². The molecular weight excluding hydrogens is 426 g/mol. The molecule has 1 atom stereocenters. The van der Waals surface area contributed by atoms with Crippen LogP contribution in [0.2, 0.25) is 5.02 Å². The lowest BCUT2D eigenvalue weighted by Crippen LogP contribution is -2.38. The van der Waals surface area contributed by atoms with E-state index in [1.807, 2.05) is 45.9 Å². The first-order valence-electron chi connectivity index (χ1n) is 10.4. The van der Waals surface area contributed by atoms with Gasteiger partial charge < -0.3 is 19.5 Å². The van der Waals surface area contributed by atoms with Crippen molar-refractivity contribution in [3.8, 4) is 11.8 Å². The van der Waals surface area contributed by atoms with Gasteiger partial charge in [-0.3, -0.25) is 4.79 Å². The second-order valence-corrected chi connectivity index (χ2v) is 8.21. The third-order valence-corrected chi connectivity index (χ3v) is 5.86. The SMILES string of the molecule is COc1cc(Cn2cncc2CN[C@@H]2CCN(Cc3cccc(Cl)c3)C2=O)ccc1C#N. The van der Waals surface area contributed by atoms with Crippen LogP contribution < -0.4 is 10.1 Å². The molecule has 1 aliphatic heterocycles. The number of amides is 1. The Balaban J connectivity index is 1.36. The second-order valence-electron chi connectivity index (χ2n) is 7.77. The van der Waals surface area contributed by atoms with E-state index in [-0.39, 0.29) is 11.9 Å². The number of aromatic nitrogens is 2. The largest absolute Gasteiger partial charge is 0.495 e. The molecule has 1 saturated heterocycles. The molecule has 0 saturated carbocycles. The molecule has 1 N–H and O–H groups in total. The van der Waals surface area contributed by atoms with Crippen molar-refractivity contribution in [2.75, 3.05) is 13.7 Å². The molecule has 1 aromatic heterocycles. The van der Waals surface area contributed by atoms with Gasteiger partial charge in [0.1, 0.15) is 11.8 Å². The van der Waals surface area contributed by atoms with E-state index >= 15 is 0 Å². The standard InChI is InChI=1S/C24H24ClN5O2/c1-32-23-10-18(5-6-19(23)11-26)15-30-16-27-12-21(30)13-28-22-7-8-29(24(22)31)14-17-3-2-4-20(25)9-17/h2-6,9-10,12,16,22,28H,7-8,13-15H2,1H3/t22-/m1/s1. The van der Waals surface area contributed by atoms with Crippen LogP contribution >= 0.6 is 11.6 Å². The number of ether oxygens (including phenoxy) is 1. The zero-order valence-electron chi connectivity index (χ0n) is 17.8. The average molecular weight is 450 g/mol. The molecule has 4 rings (SSSR count). The fraction of sp³-hybridized carbons (Fsp3) is 0.292. The Morgan fingerprint density at radius 2 is 2.09 bits per heavy atom. The van der Waals surface area contributed by atoms with E-state index in [2.05, 4.69) is 16.4 Å². The van der Waals surface area contributed by atoms with E-state index in [1.165, 1.54) is 0 Å². The van der Waals surface area contributed by atoms with Gasteiger partial charge in [0.25, 0.3) is 0 Å². The van der Waals surface area contributed by atoms with Crippen LogP contribution in [-0.2, 0) is 24.4 Å². The summed E-state index contributed by atoms with van der Waals surface area (Å²) in [7, 11) is 1.56. The summed E-state index contributed by atoms with van der Waals surface area (Å²) >= 11 is 6.06. The minimum Gasteiger partial charge on any atom is -0.495 e. The van der Waals surface area contributed by atoms with Crippen LogP contribution in [0.1, 0.15) is 28.8 Å². The van der Waals surface area contributed by atoms with Gasteiger partial charge in [0, 0.05) is 37.4 Å². The van der Waals surface area contributed by atoms with Crippen LogP contribution in [0.25, 0.3) is 0 Å². The molecule has 1 amide bonds. The number of hydrogen-bond donors (Lipinski definition) is 1. The van der Waals surface area contributed by atoms with Gasteiger partial charge in [0.15, 0.2) is 0 Å². The fourth-order valence-electron chi connectivity index (χ4n) is 3.93. The maximum Gasteiger partial charge on any atom is 0.240 e. The van der Waals surface area contributed by atoms with E-state index in [1.54, 1.807) is 25.7 Å². The zero-order valence-corrected chi connectivity index (χ0v) is 18.5. The molecular formula is C24H24ClN5O2. The summed E-state index contributed by atoms with van der Waals surface area (Å²) in [6, 6.07) is 15.1. The van der Waals surface area contributed by atoms with Crippen molar-refractivity contribution in [1.29, 1.82) is 5.26 Å². The lowest BCUT2D eigenvalue weighted by Gasteiger charge is -2.18. The number of nitrogens with zero attached hydrogens (tertiary/aromatic N) is 4. The van der Waals surface area contributed by atoms with E-state index in [0.29, 0.717) is 42.5 Å². The van der Waals surface area contributed by atoms with Gasteiger partial charge in [-0.15, -0.1) is 0 Å². The Morgan fingerprint density at radius 3 is 2.88 bits per heavy atom. The highest BCUT2D eigenvalue weighted by atomic mass is 35.5. The maximum atomic E-state index is 12.8.